The van der Waals surface area contributed by atoms with Gasteiger partial charge in [-0.05, 0) is 29.7 Å². The lowest BCUT2D eigenvalue weighted by atomic mass is 10.0. The predicted octanol–water partition coefficient (Wildman–Crippen LogP) is 3.09. The van der Waals surface area contributed by atoms with Gasteiger partial charge >= 0.3 is 0 Å². The molecule has 0 atom stereocenters. The molecule has 0 unspecified atom stereocenters. The molecule has 2 aromatic carbocycles. The molecule has 0 aliphatic carbocycles. The van der Waals surface area contributed by atoms with Crippen molar-refractivity contribution in [2.24, 2.45) is 0 Å². The highest BCUT2D eigenvalue weighted by Crippen LogP contribution is 2.18. The molecule has 7 heteroatoms. The molecule has 0 heterocycles. The van der Waals surface area contributed by atoms with Crippen LogP contribution in [-0.4, -0.2) is 23.3 Å². The minimum atomic E-state index is -0.578. The van der Waals surface area contributed by atoms with Crippen molar-refractivity contribution in [2.45, 2.75) is 19.8 Å². The molecule has 0 bridgehead atoms. The summed E-state index contributed by atoms with van der Waals surface area (Å²) < 4.78 is 0. The lowest BCUT2D eigenvalue weighted by Gasteiger charge is -2.10. The third kappa shape index (κ3) is 5.13. The lowest BCUT2D eigenvalue weighted by Crippen LogP contribution is -2.32. The van der Waals surface area contributed by atoms with E-state index in [1.165, 1.54) is 24.3 Å². The van der Waals surface area contributed by atoms with Crippen LogP contribution in [0.25, 0.3) is 0 Å². The Morgan fingerprint density at radius 1 is 1.12 bits per heavy atom. The number of anilines is 1. The van der Waals surface area contributed by atoms with Crippen LogP contribution < -0.4 is 10.6 Å². The van der Waals surface area contributed by atoms with Gasteiger partial charge < -0.3 is 10.6 Å². The Labute approximate surface area is 145 Å². The summed E-state index contributed by atoms with van der Waals surface area (Å²) in [6, 6.07) is 12.8. The number of amides is 2. The monoisotopic (exact) mass is 341 g/mol. The fourth-order valence-electron chi connectivity index (χ4n) is 2.20. The van der Waals surface area contributed by atoms with Crippen molar-refractivity contribution >= 4 is 23.2 Å². The second kappa shape index (κ2) is 8.05. The molecule has 0 aromatic heterocycles. The highest BCUT2D eigenvalue weighted by atomic mass is 16.6. The molecule has 7 nitrogen and oxygen atoms in total. The van der Waals surface area contributed by atoms with Gasteiger partial charge in [0.2, 0.25) is 5.91 Å². The topological polar surface area (TPSA) is 101 Å². The standard InChI is InChI=1S/C18H19N3O4/c1-12(2)13-5-3-7-15(9-13)20-17(22)11-19-18(23)14-6-4-8-16(10-14)21(24)25/h3-10,12H,11H2,1-2H3,(H,19,23)(H,20,22). The number of non-ortho nitro benzene ring substituents is 1. The number of carbonyl (C=O) groups excluding carboxylic acids is 2. The number of hydrogen-bond acceptors (Lipinski definition) is 4. The molecule has 25 heavy (non-hydrogen) atoms. The van der Waals surface area contributed by atoms with E-state index < -0.39 is 10.8 Å². The van der Waals surface area contributed by atoms with Crippen LogP contribution in [0.1, 0.15) is 35.7 Å². The molecule has 0 aliphatic rings. The Hall–Kier alpha value is -3.22. The Morgan fingerprint density at radius 3 is 2.52 bits per heavy atom. The molecule has 0 aliphatic heterocycles. The first-order valence-electron chi connectivity index (χ1n) is 7.79. The van der Waals surface area contributed by atoms with Gasteiger partial charge in [0.05, 0.1) is 11.5 Å². The van der Waals surface area contributed by atoms with Gasteiger partial charge in [-0.1, -0.05) is 32.0 Å². The van der Waals surface area contributed by atoms with Crippen LogP contribution in [0.3, 0.4) is 0 Å². The average Bonchev–Trinajstić information content (AvgIpc) is 2.60. The summed E-state index contributed by atoms with van der Waals surface area (Å²) in [6.07, 6.45) is 0. The molecule has 2 N–H and O–H groups in total. The SMILES string of the molecule is CC(C)c1cccc(NC(=O)CNC(=O)c2cccc([N+](=O)[O-])c2)c1. The van der Waals surface area contributed by atoms with Gasteiger partial charge in [-0.25, -0.2) is 0 Å². The summed E-state index contributed by atoms with van der Waals surface area (Å²) in [5.74, 6) is -0.583. The first kappa shape index (κ1) is 18.1. The third-order valence-electron chi connectivity index (χ3n) is 3.57. The van der Waals surface area contributed by atoms with Crippen molar-refractivity contribution in [3.05, 3.63) is 69.8 Å². The quantitative estimate of drug-likeness (QED) is 0.622. The Kier molecular flexibility index (Phi) is 5.84. The van der Waals surface area contributed by atoms with Gasteiger partial charge in [-0.2, -0.15) is 0 Å². The maximum atomic E-state index is 12.0. The van der Waals surface area contributed by atoms with Crippen LogP contribution in [0, 0.1) is 10.1 Å². The Bertz CT molecular complexity index is 802. The van der Waals surface area contributed by atoms with Crippen molar-refractivity contribution in [1.29, 1.82) is 0 Å². The van der Waals surface area contributed by atoms with Crippen LogP contribution in [0.4, 0.5) is 11.4 Å². The molecule has 2 amide bonds. The molecular formula is C18H19N3O4. The second-order valence-electron chi connectivity index (χ2n) is 5.82. The fraction of sp³-hybridized carbons (Fsp3) is 0.222. The first-order valence-corrected chi connectivity index (χ1v) is 7.79. The number of nitrogens with one attached hydrogen (secondary N) is 2. The zero-order valence-corrected chi connectivity index (χ0v) is 14.0. The summed E-state index contributed by atoms with van der Waals surface area (Å²) in [5, 5.41) is 15.9. The summed E-state index contributed by atoms with van der Waals surface area (Å²) in [5.41, 5.74) is 1.70. The number of rotatable bonds is 6. The average molecular weight is 341 g/mol. The van der Waals surface area contributed by atoms with Gasteiger partial charge in [0.15, 0.2) is 0 Å². The number of nitro benzene ring substituents is 1. The molecular weight excluding hydrogens is 322 g/mol. The molecule has 0 fully saturated rings. The number of nitrogens with zero attached hydrogens (tertiary/aromatic N) is 1. The van der Waals surface area contributed by atoms with E-state index in [1.54, 1.807) is 6.07 Å². The smallest absolute Gasteiger partial charge is 0.270 e. The number of hydrogen-bond donors (Lipinski definition) is 2. The van der Waals surface area contributed by atoms with E-state index in [1.807, 2.05) is 18.2 Å². The first-order chi connectivity index (χ1) is 11.9. The van der Waals surface area contributed by atoms with Crippen molar-refractivity contribution in [3.8, 4) is 0 Å². The van der Waals surface area contributed by atoms with E-state index in [0.717, 1.165) is 5.56 Å². The van der Waals surface area contributed by atoms with Crippen molar-refractivity contribution in [2.75, 3.05) is 11.9 Å². The molecule has 2 rings (SSSR count). The van der Waals surface area contributed by atoms with Crippen molar-refractivity contribution < 1.29 is 14.5 Å². The molecule has 0 radical (unpaired) electrons. The van der Waals surface area contributed by atoms with Crippen LogP contribution in [0.5, 0.6) is 0 Å². The fourth-order valence-corrected chi connectivity index (χ4v) is 2.20. The van der Waals surface area contributed by atoms with Crippen LogP contribution in [0.15, 0.2) is 48.5 Å². The van der Waals surface area contributed by atoms with Crippen LogP contribution >= 0.6 is 0 Å². The van der Waals surface area contributed by atoms with Crippen LogP contribution in [0.2, 0.25) is 0 Å². The van der Waals surface area contributed by atoms with E-state index in [9.17, 15) is 19.7 Å². The summed E-state index contributed by atoms with van der Waals surface area (Å²) >= 11 is 0. The van der Waals surface area contributed by atoms with Gasteiger partial charge in [0.1, 0.15) is 0 Å². The van der Waals surface area contributed by atoms with Crippen molar-refractivity contribution in [3.63, 3.8) is 0 Å². The van der Waals surface area contributed by atoms with Gasteiger partial charge in [0.25, 0.3) is 11.6 Å². The lowest BCUT2D eigenvalue weighted by molar-refractivity contribution is -0.384. The molecule has 130 valence electrons. The minimum absolute atomic E-state index is 0.129. The maximum Gasteiger partial charge on any atom is 0.270 e. The highest BCUT2D eigenvalue weighted by molar-refractivity contribution is 5.99. The second-order valence-corrected chi connectivity index (χ2v) is 5.82. The van der Waals surface area contributed by atoms with Gasteiger partial charge in [-0.3, -0.25) is 19.7 Å². The van der Waals surface area contributed by atoms with Gasteiger partial charge in [0, 0.05) is 23.4 Å². The molecule has 2 aromatic rings. The Morgan fingerprint density at radius 2 is 1.84 bits per heavy atom. The summed E-state index contributed by atoms with van der Waals surface area (Å²) in [7, 11) is 0. The number of carbonyl (C=O) groups is 2. The van der Waals surface area contributed by atoms with Crippen LogP contribution in [-0.2, 0) is 4.79 Å². The van der Waals surface area contributed by atoms with E-state index >= 15 is 0 Å². The highest BCUT2D eigenvalue weighted by Gasteiger charge is 2.12. The summed E-state index contributed by atoms with van der Waals surface area (Å²) in [6.45, 7) is 3.88. The Balaban J connectivity index is 1.93. The zero-order valence-electron chi connectivity index (χ0n) is 14.0. The molecule has 0 spiro atoms. The largest absolute Gasteiger partial charge is 0.343 e. The molecule has 0 saturated heterocycles. The number of benzene rings is 2. The minimum Gasteiger partial charge on any atom is -0.343 e. The normalized spacial score (nSPS) is 10.4. The number of nitro groups is 1. The molecule has 0 saturated carbocycles. The van der Waals surface area contributed by atoms with E-state index in [2.05, 4.69) is 24.5 Å². The maximum absolute atomic E-state index is 12.0. The zero-order chi connectivity index (χ0) is 18.4. The van der Waals surface area contributed by atoms with E-state index in [0.29, 0.717) is 11.6 Å². The van der Waals surface area contributed by atoms with E-state index in [-0.39, 0.29) is 23.7 Å². The predicted molar refractivity (Wildman–Crippen MR) is 94.6 cm³/mol. The third-order valence-corrected chi connectivity index (χ3v) is 3.57. The summed E-state index contributed by atoms with van der Waals surface area (Å²) in [4.78, 5) is 34.1. The van der Waals surface area contributed by atoms with Gasteiger partial charge in [-0.15, -0.1) is 0 Å². The van der Waals surface area contributed by atoms with E-state index in [4.69, 9.17) is 0 Å². The van der Waals surface area contributed by atoms with Crippen molar-refractivity contribution in [1.82, 2.24) is 5.32 Å².